The minimum absolute atomic E-state index is 0.00514. The Bertz CT molecular complexity index is 335. The first-order valence-electron chi connectivity index (χ1n) is 4.79. The van der Waals surface area contributed by atoms with Crippen LogP contribution in [0.4, 0.5) is 0 Å². The normalized spacial score (nSPS) is 9.93. The van der Waals surface area contributed by atoms with E-state index in [0.717, 1.165) is 11.7 Å². The first-order chi connectivity index (χ1) is 7.27. The molecule has 0 atom stereocenters. The van der Waals surface area contributed by atoms with E-state index in [1.165, 1.54) is 11.8 Å². The highest BCUT2D eigenvalue weighted by atomic mass is 32.2. The molecule has 1 amide bonds. The fourth-order valence-electron chi connectivity index (χ4n) is 1.04. The highest BCUT2D eigenvalue weighted by Gasteiger charge is 2.05. The van der Waals surface area contributed by atoms with Crippen LogP contribution in [-0.2, 0) is 11.3 Å². The topological polar surface area (TPSA) is 46.9 Å². The summed E-state index contributed by atoms with van der Waals surface area (Å²) >= 11 is 1.44. The number of carbonyl (C=O) groups is 1. The number of aryl methyl sites for hydroxylation is 1. The molecule has 0 unspecified atom stereocenters. The second-order valence-electron chi connectivity index (χ2n) is 2.88. The molecule has 5 heteroatoms. The van der Waals surface area contributed by atoms with Crippen molar-refractivity contribution < 1.29 is 4.79 Å². The van der Waals surface area contributed by atoms with Crippen LogP contribution in [0, 0.1) is 0 Å². The highest BCUT2D eigenvalue weighted by molar-refractivity contribution is 7.99. The molecular formula is C10H15N3OS. The van der Waals surface area contributed by atoms with Crippen LogP contribution in [0.15, 0.2) is 30.2 Å². The summed E-state index contributed by atoms with van der Waals surface area (Å²) in [6.45, 7) is 6.96. The number of amides is 1. The number of hydrogen-bond donors (Lipinski definition) is 1. The molecule has 1 N–H and O–H groups in total. The van der Waals surface area contributed by atoms with Crippen molar-refractivity contribution in [3.8, 4) is 0 Å². The Kier molecular flexibility index (Phi) is 4.97. The van der Waals surface area contributed by atoms with Crippen molar-refractivity contribution in [1.82, 2.24) is 14.9 Å². The third-order valence-corrected chi connectivity index (χ3v) is 2.80. The van der Waals surface area contributed by atoms with Crippen LogP contribution in [0.25, 0.3) is 0 Å². The molecule has 15 heavy (non-hydrogen) atoms. The zero-order valence-electron chi connectivity index (χ0n) is 8.77. The van der Waals surface area contributed by atoms with E-state index >= 15 is 0 Å². The molecule has 1 aromatic heterocycles. The van der Waals surface area contributed by atoms with Gasteiger partial charge < -0.3 is 9.88 Å². The van der Waals surface area contributed by atoms with Crippen molar-refractivity contribution in [3.05, 3.63) is 25.0 Å². The van der Waals surface area contributed by atoms with Gasteiger partial charge in [-0.1, -0.05) is 17.8 Å². The second-order valence-corrected chi connectivity index (χ2v) is 3.82. The van der Waals surface area contributed by atoms with Crippen LogP contribution in [-0.4, -0.2) is 27.8 Å². The number of nitrogens with one attached hydrogen (secondary N) is 1. The predicted octanol–water partition coefficient (Wildman–Crippen LogP) is 1.30. The average molecular weight is 225 g/mol. The van der Waals surface area contributed by atoms with Crippen LogP contribution in [0.2, 0.25) is 0 Å². The van der Waals surface area contributed by atoms with E-state index in [9.17, 15) is 4.79 Å². The van der Waals surface area contributed by atoms with Crippen LogP contribution >= 0.6 is 11.8 Å². The molecule has 82 valence electrons. The largest absolute Gasteiger partial charge is 0.352 e. The maximum absolute atomic E-state index is 11.3. The van der Waals surface area contributed by atoms with Crippen LogP contribution in [0.3, 0.4) is 0 Å². The molecule has 0 spiro atoms. The minimum Gasteiger partial charge on any atom is -0.352 e. The zero-order chi connectivity index (χ0) is 11.1. The fourth-order valence-corrected chi connectivity index (χ4v) is 1.90. The summed E-state index contributed by atoms with van der Waals surface area (Å²) in [5, 5.41) is 3.60. The van der Waals surface area contributed by atoms with Gasteiger partial charge in [0.1, 0.15) is 0 Å². The molecule has 0 aliphatic heterocycles. The number of thioether (sulfide) groups is 1. The SMILES string of the molecule is C=CCNC(=O)CSc1nccn1CC. The van der Waals surface area contributed by atoms with Gasteiger partial charge >= 0.3 is 0 Å². The summed E-state index contributed by atoms with van der Waals surface area (Å²) < 4.78 is 2.01. The molecule has 0 bridgehead atoms. The van der Waals surface area contributed by atoms with E-state index in [0.29, 0.717) is 12.3 Å². The first kappa shape index (κ1) is 11.8. The van der Waals surface area contributed by atoms with Crippen LogP contribution in [0.5, 0.6) is 0 Å². The molecule has 0 fully saturated rings. The van der Waals surface area contributed by atoms with E-state index in [1.807, 2.05) is 17.7 Å². The van der Waals surface area contributed by atoms with Crippen molar-refractivity contribution >= 4 is 17.7 Å². The molecule has 0 aromatic carbocycles. The number of nitrogens with zero attached hydrogens (tertiary/aromatic N) is 2. The summed E-state index contributed by atoms with van der Waals surface area (Å²) in [4.78, 5) is 15.4. The molecule has 0 saturated carbocycles. The Morgan fingerprint density at radius 1 is 1.80 bits per heavy atom. The Labute approximate surface area is 93.8 Å². The molecule has 1 rings (SSSR count). The molecule has 0 aliphatic carbocycles. The lowest BCUT2D eigenvalue weighted by atomic mass is 10.6. The summed E-state index contributed by atoms with van der Waals surface area (Å²) in [7, 11) is 0. The highest BCUT2D eigenvalue weighted by Crippen LogP contribution is 2.14. The summed E-state index contributed by atoms with van der Waals surface area (Å²) in [5.41, 5.74) is 0. The van der Waals surface area contributed by atoms with Gasteiger partial charge in [0.25, 0.3) is 0 Å². The van der Waals surface area contributed by atoms with Gasteiger partial charge in [-0.05, 0) is 6.92 Å². The van der Waals surface area contributed by atoms with Gasteiger partial charge in [0.2, 0.25) is 5.91 Å². The Balaban J connectivity index is 2.36. The minimum atomic E-state index is 0.00514. The molecule has 1 aromatic rings. The average Bonchev–Trinajstić information content (AvgIpc) is 2.70. The molecule has 1 heterocycles. The van der Waals surface area contributed by atoms with Gasteiger partial charge in [-0.3, -0.25) is 4.79 Å². The van der Waals surface area contributed by atoms with Crippen molar-refractivity contribution in [3.63, 3.8) is 0 Å². The number of rotatable bonds is 6. The smallest absolute Gasteiger partial charge is 0.230 e. The maximum atomic E-state index is 11.3. The van der Waals surface area contributed by atoms with Crippen molar-refractivity contribution in [2.75, 3.05) is 12.3 Å². The molecule has 4 nitrogen and oxygen atoms in total. The lowest BCUT2D eigenvalue weighted by molar-refractivity contribution is -0.118. The number of aromatic nitrogens is 2. The second kappa shape index (κ2) is 6.29. The predicted molar refractivity (Wildman–Crippen MR) is 61.8 cm³/mol. The Hall–Kier alpha value is -1.23. The van der Waals surface area contributed by atoms with Crippen molar-refractivity contribution in [2.24, 2.45) is 0 Å². The van der Waals surface area contributed by atoms with Crippen molar-refractivity contribution in [2.45, 2.75) is 18.6 Å². The maximum Gasteiger partial charge on any atom is 0.230 e. The first-order valence-corrected chi connectivity index (χ1v) is 5.78. The van der Waals surface area contributed by atoms with Gasteiger partial charge in [0.15, 0.2) is 5.16 Å². The van der Waals surface area contributed by atoms with Crippen LogP contribution < -0.4 is 5.32 Å². The standard InChI is InChI=1S/C10H15N3OS/c1-3-5-11-9(14)8-15-10-12-6-7-13(10)4-2/h3,6-7H,1,4-5,8H2,2H3,(H,11,14). The number of imidazole rings is 1. The molecule has 0 radical (unpaired) electrons. The summed E-state index contributed by atoms with van der Waals surface area (Å²) in [5.74, 6) is 0.399. The van der Waals surface area contributed by atoms with E-state index < -0.39 is 0 Å². The van der Waals surface area contributed by atoms with Gasteiger partial charge in [-0.2, -0.15) is 0 Å². The summed E-state index contributed by atoms with van der Waals surface area (Å²) in [6.07, 6.45) is 5.31. The molecular weight excluding hydrogens is 210 g/mol. The van der Waals surface area contributed by atoms with Gasteiger partial charge in [0, 0.05) is 25.5 Å². The zero-order valence-corrected chi connectivity index (χ0v) is 9.59. The lowest BCUT2D eigenvalue weighted by Gasteiger charge is -2.04. The Morgan fingerprint density at radius 2 is 2.60 bits per heavy atom. The number of hydrogen-bond acceptors (Lipinski definition) is 3. The summed E-state index contributed by atoms with van der Waals surface area (Å²) in [6, 6.07) is 0. The molecule has 0 aliphatic rings. The van der Waals surface area contributed by atoms with Crippen molar-refractivity contribution in [1.29, 1.82) is 0 Å². The lowest BCUT2D eigenvalue weighted by Crippen LogP contribution is -2.25. The monoisotopic (exact) mass is 225 g/mol. The van der Waals surface area contributed by atoms with E-state index in [4.69, 9.17) is 0 Å². The fraction of sp³-hybridized carbons (Fsp3) is 0.400. The van der Waals surface area contributed by atoms with E-state index in [1.54, 1.807) is 12.3 Å². The van der Waals surface area contributed by atoms with Gasteiger partial charge in [-0.25, -0.2) is 4.98 Å². The van der Waals surface area contributed by atoms with E-state index in [2.05, 4.69) is 16.9 Å². The van der Waals surface area contributed by atoms with Crippen LogP contribution in [0.1, 0.15) is 6.92 Å². The molecule has 0 saturated heterocycles. The third kappa shape index (κ3) is 3.79. The van der Waals surface area contributed by atoms with E-state index in [-0.39, 0.29) is 5.91 Å². The van der Waals surface area contributed by atoms with Gasteiger partial charge in [0.05, 0.1) is 5.75 Å². The third-order valence-electron chi connectivity index (χ3n) is 1.79. The number of carbonyl (C=O) groups excluding carboxylic acids is 1. The van der Waals surface area contributed by atoms with Gasteiger partial charge in [-0.15, -0.1) is 6.58 Å². The quantitative estimate of drug-likeness (QED) is 0.586. The Morgan fingerprint density at radius 3 is 3.27 bits per heavy atom.